The van der Waals surface area contributed by atoms with Crippen LogP contribution in [0.15, 0.2) is 12.4 Å². The van der Waals surface area contributed by atoms with E-state index < -0.39 is 0 Å². The first-order valence-electron chi connectivity index (χ1n) is 7.81. The molecule has 1 spiro atoms. The molecule has 4 rings (SSSR count). The third-order valence-corrected chi connectivity index (χ3v) is 5.96. The van der Waals surface area contributed by atoms with Crippen molar-refractivity contribution in [3.05, 3.63) is 18.0 Å². The van der Waals surface area contributed by atoms with Crippen LogP contribution in [0.25, 0.3) is 0 Å². The molecule has 2 aliphatic heterocycles. The van der Waals surface area contributed by atoms with Crippen molar-refractivity contribution < 1.29 is 4.74 Å². The second-order valence-electron chi connectivity index (χ2n) is 6.46. The monoisotopic (exact) mass is 293 g/mol. The first-order chi connectivity index (χ1) is 9.83. The van der Waals surface area contributed by atoms with Crippen LogP contribution in [-0.4, -0.2) is 39.5 Å². The Morgan fingerprint density at radius 1 is 1.45 bits per heavy atom. The maximum atomic E-state index is 6.10. The fourth-order valence-electron chi connectivity index (χ4n) is 3.31. The lowest BCUT2D eigenvalue weighted by Crippen LogP contribution is -2.40. The van der Waals surface area contributed by atoms with E-state index in [-0.39, 0.29) is 5.60 Å². The Morgan fingerprint density at radius 2 is 2.40 bits per heavy atom. The van der Waals surface area contributed by atoms with Crippen LogP contribution in [0.1, 0.15) is 43.7 Å². The molecule has 1 saturated carbocycles. The minimum atomic E-state index is 0.145. The normalized spacial score (nSPS) is 33.9. The van der Waals surface area contributed by atoms with Crippen LogP contribution >= 0.6 is 11.8 Å². The minimum Gasteiger partial charge on any atom is -0.374 e. The maximum Gasteiger partial charge on any atom is 0.0800 e. The molecule has 0 radical (unpaired) electrons. The van der Waals surface area contributed by atoms with E-state index in [9.17, 15) is 0 Å². The van der Waals surface area contributed by atoms with Crippen molar-refractivity contribution in [1.82, 2.24) is 15.1 Å². The largest absolute Gasteiger partial charge is 0.374 e. The van der Waals surface area contributed by atoms with Gasteiger partial charge in [0.2, 0.25) is 0 Å². The molecule has 1 aliphatic carbocycles. The number of aromatic nitrogens is 2. The summed E-state index contributed by atoms with van der Waals surface area (Å²) in [6.45, 7) is 1.86. The standard InChI is InChI=1S/C15H23N3OS/c1-2-13(1)16-8-12-9-17-18(10-12)14-3-5-19-15(7-14)4-6-20-11-15/h9-10,13-14,16H,1-8,11H2. The number of thioether (sulfide) groups is 1. The van der Waals surface area contributed by atoms with Crippen LogP contribution < -0.4 is 5.32 Å². The topological polar surface area (TPSA) is 39.1 Å². The summed E-state index contributed by atoms with van der Waals surface area (Å²) in [6.07, 6.45) is 10.4. The predicted molar refractivity (Wildman–Crippen MR) is 81.0 cm³/mol. The Kier molecular flexibility index (Phi) is 3.52. The van der Waals surface area contributed by atoms with Crippen molar-refractivity contribution in [3.63, 3.8) is 0 Å². The highest BCUT2D eigenvalue weighted by Crippen LogP contribution is 2.41. The predicted octanol–water partition coefficient (Wildman–Crippen LogP) is 2.36. The van der Waals surface area contributed by atoms with Crippen molar-refractivity contribution >= 4 is 11.8 Å². The molecule has 3 aliphatic rings. The number of ether oxygens (including phenoxy) is 1. The van der Waals surface area contributed by atoms with E-state index in [0.29, 0.717) is 6.04 Å². The molecule has 0 amide bonds. The Morgan fingerprint density at radius 3 is 3.20 bits per heavy atom. The number of rotatable bonds is 4. The zero-order chi connectivity index (χ0) is 13.4. The molecule has 4 nitrogen and oxygen atoms in total. The molecule has 3 heterocycles. The van der Waals surface area contributed by atoms with Gasteiger partial charge < -0.3 is 10.1 Å². The zero-order valence-corrected chi connectivity index (χ0v) is 12.7. The molecule has 0 aromatic carbocycles. The first kappa shape index (κ1) is 13.2. The van der Waals surface area contributed by atoms with Gasteiger partial charge in [0.15, 0.2) is 0 Å². The minimum absolute atomic E-state index is 0.145. The van der Waals surface area contributed by atoms with Crippen LogP contribution in [0, 0.1) is 0 Å². The van der Waals surface area contributed by atoms with Gasteiger partial charge in [0.25, 0.3) is 0 Å². The van der Waals surface area contributed by atoms with Crippen molar-refractivity contribution in [2.75, 3.05) is 18.1 Å². The van der Waals surface area contributed by atoms with Gasteiger partial charge in [-0.05, 0) is 37.9 Å². The number of nitrogens with one attached hydrogen (secondary N) is 1. The first-order valence-corrected chi connectivity index (χ1v) is 8.97. The van der Waals surface area contributed by atoms with E-state index in [1.54, 1.807) is 0 Å². The second kappa shape index (κ2) is 5.35. The lowest BCUT2D eigenvalue weighted by Gasteiger charge is -2.37. The van der Waals surface area contributed by atoms with Crippen LogP contribution in [0.3, 0.4) is 0 Å². The summed E-state index contributed by atoms with van der Waals surface area (Å²) in [5, 5.41) is 8.16. The molecule has 20 heavy (non-hydrogen) atoms. The molecule has 5 heteroatoms. The van der Waals surface area contributed by atoms with Crippen molar-refractivity contribution in [2.24, 2.45) is 0 Å². The lowest BCUT2D eigenvalue weighted by molar-refractivity contribution is -0.0778. The summed E-state index contributed by atoms with van der Waals surface area (Å²) in [5.41, 5.74) is 1.46. The Labute approximate surface area is 124 Å². The molecule has 1 aromatic heterocycles. The highest BCUT2D eigenvalue weighted by Gasteiger charge is 2.41. The van der Waals surface area contributed by atoms with Gasteiger partial charge in [-0.25, -0.2) is 0 Å². The Balaban J connectivity index is 1.40. The van der Waals surface area contributed by atoms with Gasteiger partial charge >= 0.3 is 0 Å². The second-order valence-corrected chi connectivity index (χ2v) is 7.57. The van der Waals surface area contributed by atoms with E-state index in [4.69, 9.17) is 4.74 Å². The summed E-state index contributed by atoms with van der Waals surface area (Å²) in [7, 11) is 0. The van der Waals surface area contributed by atoms with E-state index in [1.807, 2.05) is 18.0 Å². The molecule has 2 unspecified atom stereocenters. The molecular weight excluding hydrogens is 270 g/mol. The smallest absolute Gasteiger partial charge is 0.0800 e. The molecule has 2 saturated heterocycles. The molecule has 3 fully saturated rings. The molecular formula is C15H23N3OS. The SMILES string of the molecule is c1nn(C2CCOC3(CCSC3)C2)cc1CNC1CC1. The van der Waals surface area contributed by atoms with E-state index in [2.05, 4.69) is 21.3 Å². The van der Waals surface area contributed by atoms with Gasteiger partial charge in [-0.1, -0.05) is 0 Å². The summed E-state index contributed by atoms with van der Waals surface area (Å²) < 4.78 is 8.29. The van der Waals surface area contributed by atoms with Gasteiger partial charge in [-0.15, -0.1) is 0 Å². The van der Waals surface area contributed by atoms with Crippen LogP contribution in [-0.2, 0) is 11.3 Å². The highest BCUT2D eigenvalue weighted by molar-refractivity contribution is 7.99. The van der Waals surface area contributed by atoms with Gasteiger partial charge in [-0.3, -0.25) is 4.68 Å². The third kappa shape index (κ3) is 2.76. The number of hydrogen-bond donors (Lipinski definition) is 1. The fraction of sp³-hybridized carbons (Fsp3) is 0.800. The Bertz CT molecular complexity index is 465. The van der Waals surface area contributed by atoms with E-state index >= 15 is 0 Å². The zero-order valence-electron chi connectivity index (χ0n) is 11.9. The fourth-order valence-corrected chi connectivity index (χ4v) is 4.69. The summed E-state index contributed by atoms with van der Waals surface area (Å²) >= 11 is 2.04. The van der Waals surface area contributed by atoms with Gasteiger partial charge in [0.05, 0.1) is 17.8 Å². The van der Waals surface area contributed by atoms with Crippen LogP contribution in [0.2, 0.25) is 0 Å². The van der Waals surface area contributed by atoms with Crippen molar-refractivity contribution in [2.45, 2.75) is 56.3 Å². The lowest BCUT2D eigenvalue weighted by atomic mass is 9.90. The maximum absolute atomic E-state index is 6.10. The van der Waals surface area contributed by atoms with Crippen LogP contribution in [0.4, 0.5) is 0 Å². The highest BCUT2D eigenvalue weighted by atomic mass is 32.2. The summed E-state index contributed by atoms with van der Waals surface area (Å²) in [4.78, 5) is 0. The molecule has 2 atom stereocenters. The molecule has 110 valence electrons. The van der Waals surface area contributed by atoms with Crippen molar-refractivity contribution in [1.29, 1.82) is 0 Å². The van der Waals surface area contributed by atoms with E-state index in [0.717, 1.165) is 32.0 Å². The Hall–Kier alpha value is -0.520. The van der Waals surface area contributed by atoms with Crippen molar-refractivity contribution in [3.8, 4) is 0 Å². The van der Waals surface area contributed by atoms with E-state index in [1.165, 1.54) is 36.3 Å². The number of nitrogens with zero attached hydrogens (tertiary/aromatic N) is 2. The summed E-state index contributed by atoms with van der Waals surface area (Å²) in [5.74, 6) is 2.42. The van der Waals surface area contributed by atoms with Gasteiger partial charge in [0.1, 0.15) is 0 Å². The van der Waals surface area contributed by atoms with Gasteiger partial charge in [0, 0.05) is 36.7 Å². The quantitative estimate of drug-likeness (QED) is 0.925. The molecule has 0 bridgehead atoms. The third-order valence-electron chi connectivity index (χ3n) is 4.74. The summed E-state index contributed by atoms with van der Waals surface area (Å²) in [6, 6.07) is 1.29. The average Bonchev–Trinajstić information content (AvgIpc) is 3.00. The average molecular weight is 293 g/mol. The van der Waals surface area contributed by atoms with Gasteiger partial charge in [-0.2, -0.15) is 16.9 Å². The molecule has 1 aromatic rings. The van der Waals surface area contributed by atoms with Crippen LogP contribution in [0.5, 0.6) is 0 Å². The number of hydrogen-bond acceptors (Lipinski definition) is 4. The molecule has 1 N–H and O–H groups in total.